The van der Waals surface area contributed by atoms with Gasteiger partial charge in [0.1, 0.15) is 0 Å². The molecule has 0 spiro atoms. The second-order valence-corrected chi connectivity index (χ2v) is 6.71. The fourth-order valence-corrected chi connectivity index (χ4v) is 3.27. The topological polar surface area (TPSA) is 20.3 Å². The van der Waals surface area contributed by atoms with Crippen LogP contribution in [0.15, 0.2) is 30.3 Å². The molecular formula is C15H18BrNO. The summed E-state index contributed by atoms with van der Waals surface area (Å²) in [5, 5.41) is 0. The van der Waals surface area contributed by atoms with Gasteiger partial charge in [0.25, 0.3) is 0 Å². The van der Waals surface area contributed by atoms with Crippen LogP contribution in [0.25, 0.3) is 0 Å². The van der Waals surface area contributed by atoms with Gasteiger partial charge in [-0.3, -0.25) is 4.79 Å². The highest BCUT2D eigenvalue weighted by Crippen LogP contribution is 2.49. The first-order chi connectivity index (χ1) is 8.72. The van der Waals surface area contributed by atoms with Crippen molar-refractivity contribution in [2.24, 2.45) is 0 Å². The molecular weight excluding hydrogens is 290 g/mol. The lowest BCUT2D eigenvalue weighted by molar-refractivity contribution is -0.134. The van der Waals surface area contributed by atoms with Gasteiger partial charge in [-0.25, -0.2) is 0 Å². The van der Waals surface area contributed by atoms with Gasteiger partial charge in [-0.05, 0) is 31.2 Å². The molecule has 1 heterocycles. The SMILES string of the molecule is O=C(N1CCC(Br)CC1)C1(c2ccccc2)CC1. The van der Waals surface area contributed by atoms with Crippen LogP contribution < -0.4 is 0 Å². The van der Waals surface area contributed by atoms with Crippen LogP contribution in [0.2, 0.25) is 0 Å². The van der Waals surface area contributed by atoms with Gasteiger partial charge in [0.05, 0.1) is 5.41 Å². The third-order valence-corrected chi connectivity index (χ3v) is 5.11. The summed E-state index contributed by atoms with van der Waals surface area (Å²) in [5.74, 6) is 0.355. The van der Waals surface area contributed by atoms with Crippen molar-refractivity contribution in [3.63, 3.8) is 0 Å². The Hall–Kier alpha value is -0.830. The van der Waals surface area contributed by atoms with E-state index in [0.717, 1.165) is 38.8 Å². The molecule has 1 aromatic rings. The van der Waals surface area contributed by atoms with Crippen molar-refractivity contribution in [2.45, 2.75) is 35.9 Å². The Balaban J connectivity index is 1.77. The van der Waals surface area contributed by atoms with Gasteiger partial charge < -0.3 is 4.90 Å². The molecule has 0 N–H and O–H groups in total. The average Bonchev–Trinajstić information content (AvgIpc) is 3.21. The first-order valence-corrected chi connectivity index (χ1v) is 7.63. The summed E-state index contributed by atoms with van der Waals surface area (Å²) in [6.45, 7) is 1.81. The molecule has 0 aromatic heterocycles. The molecule has 3 heteroatoms. The molecule has 1 aliphatic heterocycles. The number of carbonyl (C=O) groups excluding carboxylic acids is 1. The van der Waals surface area contributed by atoms with Crippen molar-refractivity contribution in [1.82, 2.24) is 4.90 Å². The van der Waals surface area contributed by atoms with E-state index in [9.17, 15) is 4.79 Å². The Labute approximate surface area is 116 Å². The molecule has 96 valence electrons. The molecule has 0 radical (unpaired) electrons. The zero-order valence-corrected chi connectivity index (χ0v) is 12.0. The Morgan fingerprint density at radius 2 is 1.78 bits per heavy atom. The van der Waals surface area contributed by atoms with Crippen LogP contribution in [-0.2, 0) is 10.2 Å². The van der Waals surface area contributed by atoms with Crippen LogP contribution in [0.4, 0.5) is 0 Å². The number of rotatable bonds is 2. The molecule has 1 saturated carbocycles. The summed E-state index contributed by atoms with van der Waals surface area (Å²) in [5.41, 5.74) is 1.02. The summed E-state index contributed by atoms with van der Waals surface area (Å²) in [4.78, 5) is 15.4. The monoisotopic (exact) mass is 307 g/mol. The maximum atomic E-state index is 12.7. The van der Waals surface area contributed by atoms with Gasteiger partial charge in [-0.1, -0.05) is 46.3 Å². The van der Waals surface area contributed by atoms with E-state index in [1.54, 1.807) is 0 Å². The standard InChI is InChI=1S/C15H18BrNO/c16-13-6-10-17(11-7-13)14(18)15(8-9-15)12-4-2-1-3-5-12/h1-5,13H,6-11H2. The van der Waals surface area contributed by atoms with E-state index >= 15 is 0 Å². The summed E-state index contributed by atoms with van der Waals surface area (Å²) in [6, 6.07) is 10.3. The van der Waals surface area contributed by atoms with E-state index < -0.39 is 0 Å². The number of hydrogen-bond acceptors (Lipinski definition) is 1. The van der Waals surface area contributed by atoms with Gasteiger partial charge in [-0.15, -0.1) is 0 Å². The number of hydrogen-bond donors (Lipinski definition) is 0. The fourth-order valence-electron chi connectivity index (χ4n) is 2.86. The van der Waals surface area contributed by atoms with Crippen LogP contribution in [0.5, 0.6) is 0 Å². The summed E-state index contributed by atoms with van der Waals surface area (Å²) < 4.78 is 0. The van der Waals surface area contributed by atoms with E-state index in [1.807, 2.05) is 18.2 Å². The minimum atomic E-state index is -0.180. The van der Waals surface area contributed by atoms with Crippen molar-refractivity contribution in [3.05, 3.63) is 35.9 Å². The quantitative estimate of drug-likeness (QED) is 0.769. The Morgan fingerprint density at radius 1 is 1.17 bits per heavy atom. The minimum Gasteiger partial charge on any atom is -0.342 e. The summed E-state index contributed by atoms with van der Waals surface area (Å²) >= 11 is 3.64. The molecule has 18 heavy (non-hydrogen) atoms. The van der Waals surface area contributed by atoms with Gasteiger partial charge in [-0.2, -0.15) is 0 Å². The van der Waals surface area contributed by atoms with E-state index in [2.05, 4.69) is 33.0 Å². The van der Waals surface area contributed by atoms with Crippen LogP contribution in [0.1, 0.15) is 31.2 Å². The molecule has 1 aromatic carbocycles. The second kappa shape index (κ2) is 4.69. The maximum absolute atomic E-state index is 12.7. The Kier molecular flexibility index (Phi) is 3.18. The molecule has 0 unspecified atom stereocenters. The lowest BCUT2D eigenvalue weighted by Crippen LogP contribution is -2.44. The highest BCUT2D eigenvalue weighted by atomic mass is 79.9. The Bertz CT molecular complexity index is 433. The molecule has 0 atom stereocenters. The number of benzene rings is 1. The van der Waals surface area contributed by atoms with E-state index in [-0.39, 0.29) is 5.41 Å². The zero-order valence-electron chi connectivity index (χ0n) is 10.4. The Morgan fingerprint density at radius 3 is 2.33 bits per heavy atom. The number of nitrogens with zero attached hydrogens (tertiary/aromatic N) is 1. The molecule has 0 bridgehead atoms. The number of piperidine rings is 1. The highest BCUT2D eigenvalue weighted by Gasteiger charge is 2.53. The first kappa shape index (κ1) is 12.2. The summed E-state index contributed by atoms with van der Waals surface area (Å²) in [7, 11) is 0. The van der Waals surface area contributed by atoms with Crippen molar-refractivity contribution in [1.29, 1.82) is 0 Å². The molecule has 3 rings (SSSR count). The van der Waals surface area contributed by atoms with Gasteiger partial charge in [0, 0.05) is 17.9 Å². The number of amides is 1. The lowest BCUT2D eigenvalue weighted by Gasteiger charge is -2.32. The maximum Gasteiger partial charge on any atom is 0.233 e. The first-order valence-electron chi connectivity index (χ1n) is 6.71. The minimum absolute atomic E-state index is 0.180. The van der Waals surface area contributed by atoms with Crippen molar-refractivity contribution in [2.75, 3.05) is 13.1 Å². The number of alkyl halides is 1. The normalized spacial score (nSPS) is 22.8. The number of halogens is 1. The third kappa shape index (κ3) is 2.09. The van der Waals surface area contributed by atoms with Crippen molar-refractivity contribution >= 4 is 21.8 Å². The largest absolute Gasteiger partial charge is 0.342 e. The van der Waals surface area contributed by atoms with Crippen LogP contribution in [0, 0.1) is 0 Å². The second-order valence-electron chi connectivity index (χ2n) is 5.41. The van der Waals surface area contributed by atoms with Crippen LogP contribution in [0.3, 0.4) is 0 Å². The number of carbonyl (C=O) groups is 1. The van der Waals surface area contributed by atoms with Gasteiger partial charge in [0.2, 0.25) is 5.91 Å². The fraction of sp³-hybridized carbons (Fsp3) is 0.533. The van der Waals surface area contributed by atoms with E-state index in [4.69, 9.17) is 0 Å². The number of likely N-dealkylation sites (tertiary alicyclic amines) is 1. The molecule has 2 aliphatic rings. The van der Waals surface area contributed by atoms with E-state index in [0.29, 0.717) is 10.7 Å². The van der Waals surface area contributed by atoms with Crippen LogP contribution >= 0.6 is 15.9 Å². The molecule has 1 amide bonds. The van der Waals surface area contributed by atoms with Crippen LogP contribution in [-0.4, -0.2) is 28.7 Å². The van der Waals surface area contributed by atoms with Crippen molar-refractivity contribution in [3.8, 4) is 0 Å². The average molecular weight is 308 g/mol. The predicted molar refractivity (Wildman–Crippen MR) is 75.9 cm³/mol. The molecule has 1 aliphatic carbocycles. The highest BCUT2D eigenvalue weighted by molar-refractivity contribution is 9.09. The van der Waals surface area contributed by atoms with E-state index in [1.165, 1.54) is 5.56 Å². The van der Waals surface area contributed by atoms with Gasteiger partial charge >= 0.3 is 0 Å². The molecule has 2 fully saturated rings. The predicted octanol–water partition coefficient (Wildman–Crippen LogP) is 3.10. The summed E-state index contributed by atoms with van der Waals surface area (Å²) in [6.07, 6.45) is 4.20. The lowest BCUT2D eigenvalue weighted by atomic mass is 9.93. The molecule has 2 nitrogen and oxygen atoms in total. The zero-order chi connectivity index (χ0) is 12.6. The van der Waals surface area contributed by atoms with Gasteiger partial charge in [0.15, 0.2) is 0 Å². The smallest absolute Gasteiger partial charge is 0.233 e. The third-order valence-electron chi connectivity index (χ3n) is 4.20. The molecule has 1 saturated heterocycles. The van der Waals surface area contributed by atoms with Crippen molar-refractivity contribution < 1.29 is 4.79 Å².